The molecule has 2 rings (SSSR count). The topological polar surface area (TPSA) is 223 Å². The van der Waals surface area contributed by atoms with Gasteiger partial charge in [0.05, 0.1) is 0 Å². The number of nitrogens with two attached hydrogens (primary N) is 1. The van der Waals surface area contributed by atoms with Gasteiger partial charge in [0.1, 0.15) is 0 Å². The molecule has 0 amide bonds. The number of nitrogens with one attached hydrogen (secondary N) is 4. The van der Waals surface area contributed by atoms with Crippen molar-refractivity contribution in [2.24, 2.45) is 5.73 Å². The molecule has 1 aliphatic heterocycles. The first-order chi connectivity index (χ1) is 16.8. The van der Waals surface area contributed by atoms with E-state index >= 15 is 0 Å². The summed E-state index contributed by atoms with van der Waals surface area (Å²) in [5, 5.41) is 43.5. The molecule has 0 bridgehead atoms. The van der Waals surface area contributed by atoms with E-state index in [0.29, 0.717) is 0 Å². The van der Waals surface area contributed by atoms with Crippen LogP contribution >= 0.6 is 0 Å². The number of aliphatic carboxylic acids is 4. The van der Waals surface area contributed by atoms with Crippen molar-refractivity contribution in [1.82, 2.24) is 21.3 Å². The molecule has 0 aromatic heterocycles. The molecule has 1 aromatic carbocycles. The van der Waals surface area contributed by atoms with Gasteiger partial charge in [-0.15, -0.1) is 0 Å². The summed E-state index contributed by atoms with van der Waals surface area (Å²) in [5.74, 6) is -3.33. The second-order valence-electron chi connectivity index (χ2n) is 7.28. The summed E-state index contributed by atoms with van der Waals surface area (Å²) in [7, 11) is 0. The zero-order chi connectivity index (χ0) is 28.4. The van der Waals surface area contributed by atoms with Gasteiger partial charge in [0.15, 0.2) is 0 Å². The monoisotopic (exact) mass is 517 g/mol. The first kappa shape index (κ1) is 37.4. The minimum absolute atomic E-state index is 0.0135. The summed E-state index contributed by atoms with van der Waals surface area (Å²) >= 11 is 0. The number of hydrogen-bond donors (Lipinski definition) is 9. The van der Waals surface area contributed by atoms with Gasteiger partial charge in [0.25, 0.3) is 23.9 Å². The third kappa shape index (κ3) is 38.2. The predicted octanol–water partition coefficient (Wildman–Crippen LogP) is -0.209. The lowest BCUT2D eigenvalue weighted by molar-refractivity contribution is -0.135. The minimum atomic E-state index is -0.833. The molecule has 13 nitrogen and oxygen atoms in total. The van der Waals surface area contributed by atoms with Crippen molar-refractivity contribution in [1.29, 1.82) is 0 Å². The smallest absolute Gasteiger partial charge is 0.300 e. The number of rotatable bonds is 2. The third-order valence-corrected chi connectivity index (χ3v) is 3.65. The first-order valence-corrected chi connectivity index (χ1v) is 11.2. The molecule has 1 saturated heterocycles. The summed E-state index contributed by atoms with van der Waals surface area (Å²) in [4.78, 5) is 36.0. The quantitative estimate of drug-likeness (QED) is 0.248. The molecule has 0 saturated carbocycles. The lowest BCUT2D eigenvalue weighted by Gasteiger charge is -2.26. The van der Waals surface area contributed by atoms with E-state index in [4.69, 9.17) is 45.3 Å². The Bertz CT molecular complexity index is 631. The van der Waals surface area contributed by atoms with E-state index in [9.17, 15) is 0 Å². The van der Waals surface area contributed by atoms with Crippen LogP contribution in [0.3, 0.4) is 0 Å². The van der Waals surface area contributed by atoms with E-state index in [1.165, 1.54) is 5.56 Å². The van der Waals surface area contributed by atoms with E-state index in [2.05, 4.69) is 33.4 Å². The van der Waals surface area contributed by atoms with Gasteiger partial charge >= 0.3 is 0 Å². The van der Waals surface area contributed by atoms with Crippen molar-refractivity contribution >= 4 is 23.9 Å². The zero-order valence-corrected chi connectivity index (χ0v) is 21.5. The Balaban J connectivity index is -0.000000557. The van der Waals surface area contributed by atoms with E-state index in [0.717, 1.165) is 73.5 Å². The standard InChI is InChI=1S/C15H27N5.4C2H4O2/c16-15(13-4-2-1-3-5-13)14-12-19-9-8-17-6-7-18-10-11-20-14;4*1-2(3)4/h1-5,14-15,17-20H,6-12,16H2;4*1H3,(H,3,4)/t14-,15+;;;;/m0..../s1. The van der Waals surface area contributed by atoms with Gasteiger partial charge in [-0.1, -0.05) is 30.3 Å². The highest BCUT2D eigenvalue weighted by molar-refractivity contribution is 5.63. The van der Waals surface area contributed by atoms with Gasteiger partial charge in [-0.05, 0) is 5.56 Å². The highest BCUT2D eigenvalue weighted by Crippen LogP contribution is 2.13. The highest BCUT2D eigenvalue weighted by atomic mass is 16.4. The lowest BCUT2D eigenvalue weighted by Crippen LogP contribution is -2.49. The number of carbonyl (C=O) groups is 4. The fraction of sp³-hybridized carbons (Fsp3) is 0.565. The van der Waals surface area contributed by atoms with Crippen LogP contribution in [0.1, 0.15) is 39.3 Å². The largest absolute Gasteiger partial charge is 0.481 e. The number of hydrogen-bond acceptors (Lipinski definition) is 9. The molecule has 1 aliphatic rings. The predicted molar refractivity (Wildman–Crippen MR) is 137 cm³/mol. The second-order valence-corrected chi connectivity index (χ2v) is 7.28. The maximum atomic E-state index is 9.00. The fourth-order valence-electron chi connectivity index (χ4n) is 2.44. The van der Waals surface area contributed by atoms with Crippen molar-refractivity contribution in [2.45, 2.75) is 39.8 Å². The molecule has 0 radical (unpaired) electrons. The molecular weight excluding hydrogens is 474 g/mol. The van der Waals surface area contributed by atoms with Gasteiger partial charge in [-0.3, -0.25) is 19.2 Å². The molecule has 36 heavy (non-hydrogen) atoms. The van der Waals surface area contributed by atoms with Crippen LogP contribution in [-0.4, -0.2) is 96.2 Å². The molecule has 2 atom stereocenters. The molecule has 10 N–H and O–H groups in total. The first-order valence-electron chi connectivity index (χ1n) is 11.2. The van der Waals surface area contributed by atoms with Gasteiger partial charge in [-0.2, -0.15) is 0 Å². The van der Waals surface area contributed by atoms with Crippen LogP contribution in [0, 0.1) is 0 Å². The summed E-state index contributed by atoms with van der Waals surface area (Å²) < 4.78 is 0. The molecule has 208 valence electrons. The van der Waals surface area contributed by atoms with Crippen LogP contribution in [-0.2, 0) is 19.2 Å². The molecular formula is C23H43N5O8. The molecule has 1 heterocycles. The van der Waals surface area contributed by atoms with Crippen molar-refractivity contribution in [3.8, 4) is 0 Å². The van der Waals surface area contributed by atoms with E-state index < -0.39 is 23.9 Å². The molecule has 13 heteroatoms. The Labute approximate surface area is 212 Å². The van der Waals surface area contributed by atoms with Crippen LogP contribution in [0.5, 0.6) is 0 Å². The van der Waals surface area contributed by atoms with Crippen molar-refractivity contribution in [3.05, 3.63) is 35.9 Å². The van der Waals surface area contributed by atoms with Crippen LogP contribution < -0.4 is 27.0 Å². The maximum Gasteiger partial charge on any atom is 0.300 e. The van der Waals surface area contributed by atoms with Gasteiger partial charge in [-0.25, -0.2) is 0 Å². The minimum Gasteiger partial charge on any atom is -0.481 e. The van der Waals surface area contributed by atoms with Crippen LogP contribution in [0.15, 0.2) is 30.3 Å². The fourth-order valence-corrected chi connectivity index (χ4v) is 2.44. The highest BCUT2D eigenvalue weighted by Gasteiger charge is 2.18. The lowest BCUT2D eigenvalue weighted by atomic mass is 10.00. The van der Waals surface area contributed by atoms with Gasteiger partial charge in [0, 0.05) is 85.6 Å². The average Bonchev–Trinajstić information content (AvgIpc) is 2.73. The molecule has 0 aliphatic carbocycles. The molecule has 0 spiro atoms. The summed E-state index contributed by atoms with van der Waals surface area (Å²) in [6, 6.07) is 10.6. The Morgan fingerprint density at radius 2 is 1.03 bits per heavy atom. The van der Waals surface area contributed by atoms with Crippen molar-refractivity contribution in [2.75, 3.05) is 45.8 Å². The van der Waals surface area contributed by atoms with Gasteiger partial charge in [0.2, 0.25) is 0 Å². The Hall–Kier alpha value is -3.10. The van der Waals surface area contributed by atoms with Crippen molar-refractivity contribution in [3.63, 3.8) is 0 Å². The van der Waals surface area contributed by atoms with Crippen LogP contribution in [0.25, 0.3) is 0 Å². The molecule has 1 aromatic rings. The van der Waals surface area contributed by atoms with E-state index in [1.54, 1.807) is 0 Å². The SMILES string of the molecule is CC(=O)O.CC(=O)O.CC(=O)O.CC(=O)O.N[C@H](c1ccccc1)[C@@H]1CNCCNCCNCCN1. The van der Waals surface area contributed by atoms with Crippen LogP contribution in [0.2, 0.25) is 0 Å². The third-order valence-electron chi connectivity index (χ3n) is 3.65. The average molecular weight is 518 g/mol. The van der Waals surface area contributed by atoms with Crippen LogP contribution in [0.4, 0.5) is 0 Å². The second kappa shape index (κ2) is 26.5. The van der Waals surface area contributed by atoms with Gasteiger partial charge < -0.3 is 47.4 Å². The van der Waals surface area contributed by atoms with E-state index in [1.807, 2.05) is 18.2 Å². The number of benzene rings is 1. The Morgan fingerprint density at radius 3 is 1.42 bits per heavy atom. The zero-order valence-electron chi connectivity index (χ0n) is 21.5. The Morgan fingerprint density at radius 1 is 0.694 bits per heavy atom. The maximum absolute atomic E-state index is 9.00. The summed E-state index contributed by atoms with van der Waals surface area (Å²) in [6.45, 7) is 11.1. The Kier molecular flexibility index (Phi) is 27.6. The molecule has 0 unspecified atom stereocenters. The molecule has 1 fully saturated rings. The summed E-state index contributed by atoms with van der Waals surface area (Å²) in [5.41, 5.74) is 7.60. The normalized spacial score (nSPS) is 16.3. The summed E-state index contributed by atoms with van der Waals surface area (Å²) in [6.07, 6.45) is 0. The number of carboxylic acid groups (broad SMARTS) is 4. The van der Waals surface area contributed by atoms with Crippen molar-refractivity contribution < 1.29 is 39.6 Å². The number of carboxylic acids is 4. The van der Waals surface area contributed by atoms with E-state index in [-0.39, 0.29) is 12.1 Å².